The van der Waals surface area contributed by atoms with Crippen LogP contribution >= 0.6 is 0 Å². The second kappa shape index (κ2) is 36.9. The van der Waals surface area contributed by atoms with E-state index in [1.807, 2.05) is 27.7 Å². The molecule has 250 valence electrons. The lowest BCUT2D eigenvalue weighted by Gasteiger charge is -2.23. The van der Waals surface area contributed by atoms with Crippen molar-refractivity contribution in [3.8, 4) is 0 Å². The van der Waals surface area contributed by atoms with Gasteiger partial charge >= 0.3 is 0 Å². The van der Waals surface area contributed by atoms with E-state index in [4.69, 9.17) is 5.73 Å². The van der Waals surface area contributed by atoms with E-state index < -0.39 is 0 Å². The zero-order valence-corrected chi connectivity index (χ0v) is 29.2. The number of rotatable bonds is 24. The van der Waals surface area contributed by atoms with Crippen molar-refractivity contribution >= 4 is 5.84 Å². The molecule has 0 heterocycles. The third kappa shape index (κ3) is 42.3. The smallest absolute Gasteiger partial charge is 0.0953 e. The summed E-state index contributed by atoms with van der Waals surface area (Å²) in [6, 6.07) is 1.13. The number of aliphatic imine (C=N–C) groups is 1. The van der Waals surface area contributed by atoms with Gasteiger partial charge in [-0.3, -0.25) is 9.89 Å². The van der Waals surface area contributed by atoms with Gasteiger partial charge in [0.15, 0.2) is 0 Å². The van der Waals surface area contributed by atoms with Gasteiger partial charge in [-0.05, 0) is 61.4 Å². The number of hydrogen-bond donors (Lipinski definition) is 7. The van der Waals surface area contributed by atoms with E-state index in [0.29, 0.717) is 12.1 Å². The zero-order chi connectivity index (χ0) is 33.2. The lowest BCUT2D eigenvalue weighted by molar-refractivity contribution is 0.272. The molecule has 0 rings (SSSR count). The molecule has 0 bridgehead atoms. The van der Waals surface area contributed by atoms with Crippen LogP contribution in [0.1, 0.15) is 74.7 Å². The Morgan fingerprint density at radius 1 is 0.667 bits per heavy atom. The molecule has 0 aromatic carbocycles. The van der Waals surface area contributed by atoms with Crippen LogP contribution in [-0.4, -0.2) is 94.8 Å². The lowest BCUT2D eigenvalue weighted by Crippen LogP contribution is -2.41. The predicted molar refractivity (Wildman–Crippen MR) is 192 cm³/mol. The predicted octanol–water partition coefficient (Wildman–Crippen LogP) is 3.98. The van der Waals surface area contributed by atoms with Crippen molar-refractivity contribution in [3.05, 3.63) is 49.9 Å². The van der Waals surface area contributed by atoms with Crippen LogP contribution in [0, 0.1) is 0 Å². The van der Waals surface area contributed by atoms with Gasteiger partial charge in [-0.15, -0.1) is 0 Å². The molecule has 0 radical (unpaired) electrons. The van der Waals surface area contributed by atoms with E-state index >= 15 is 0 Å². The van der Waals surface area contributed by atoms with Gasteiger partial charge in [0.25, 0.3) is 0 Å². The van der Waals surface area contributed by atoms with Gasteiger partial charge in [-0.25, -0.2) is 0 Å². The standard InChI is InChI=1S/C26H56N8.C4H6.C2H6.CH5N/c1-21(2)31-24(7)9-12-28-15-18-34(19-16-29-13-10-25(8)32-22(3)4)20-17-30-14-11-26(27)33-23(5)6;1-3-4-2;2*1-2/h21-23,28-32H,7-20H2,1-6H3,(H2,27,33);3-4H,1-2H2;1-2H3;2H2,1H3. The molecule has 0 atom stereocenters. The summed E-state index contributed by atoms with van der Waals surface area (Å²) < 4.78 is 0. The molecular weight excluding hydrogens is 522 g/mol. The minimum Gasteiger partial charge on any atom is -0.387 e. The van der Waals surface area contributed by atoms with Crippen LogP contribution < -0.4 is 38.1 Å². The minimum atomic E-state index is 0.257. The number of amidine groups is 1. The quantitative estimate of drug-likeness (QED) is 0.0387. The summed E-state index contributed by atoms with van der Waals surface area (Å²) in [5.74, 6) is 0.731. The highest BCUT2D eigenvalue weighted by Gasteiger charge is 2.05. The Balaban J connectivity index is -0.000000808. The maximum absolute atomic E-state index is 5.96. The Kier molecular flexibility index (Phi) is 41.0. The van der Waals surface area contributed by atoms with E-state index in [0.717, 1.165) is 95.4 Å². The topological polar surface area (TPSA) is 128 Å². The lowest BCUT2D eigenvalue weighted by atomic mass is 10.3. The summed E-state index contributed by atoms with van der Waals surface area (Å²) in [5, 5.41) is 17.4. The molecule has 42 heavy (non-hydrogen) atoms. The van der Waals surface area contributed by atoms with Crippen molar-refractivity contribution in [1.29, 1.82) is 0 Å². The Bertz CT molecular complexity index is 605. The van der Waals surface area contributed by atoms with E-state index in [2.05, 4.69) is 96.2 Å². The molecule has 0 spiro atoms. The number of nitrogens with zero attached hydrogens (tertiary/aromatic N) is 2. The molecular formula is C33H73N9. The number of nitrogens with two attached hydrogens (primary N) is 2. The molecule has 0 amide bonds. The first kappa shape index (κ1) is 46.8. The average molecular weight is 596 g/mol. The monoisotopic (exact) mass is 596 g/mol. The molecule has 9 heteroatoms. The summed E-state index contributed by atoms with van der Waals surface area (Å²) in [5.41, 5.74) is 12.7. The summed E-state index contributed by atoms with van der Waals surface area (Å²) in [7, 11) is 1.50. The van der Waals surface area contributed by atoms with E-state index in [1.54, 1.807) is 12.2 Å². The fourth-order valence-corrected chi connectivity index (χ4v) is 3.47. The third-order valence-corrected chi connectivity index (χ3v) is 5.16. The third-order valence-electron chi connectivity index (χ3n) is 5.16. The zero-order valence-electron chi connectivity index (χ0n) is 29.2. The van der Waals surface area contributed by atoms with Gasteiger partial charge in [-0.2, -0.15) is 0 Å². The normalized spacial score (nSPS) is 10.7. The molecule has 9 N–H and O–H groups in total. The number of allylic oxidation sites excluding steroid dienone is 2. The van der Waals surface area contributed by atoms with Crippen molar-refractivity contribution in [2.24, 2.45) is 16.5 Å². The van der Waals surface area contributed by atoms with E-state index in [9.17, 15) is 0 Å². The van der Waals surface area contributed by atoms with Crippen molar-refractivity contribution in [3.63, 3.8) is 0 Å². The van der Waals surface area contributed by atoms with Gasteiger partial charge < -0.3 is 38.1 Å². The molecule has 0 aromatic heterocycles. The Morgan fingerprint density at radius 3 is 1.29 bits per heavy atom. The first-order valence-corrected chi connectivity index (χ1v) is 15.9. The van der Waals surface area contributed by atoms with E-state index in [1.165, 1.54) is 7.05 Å². The van der Waals surface area contributed by atoms with Crippen LogP contribution in [0.5, 0.6) is 0 Å². The second-order valence-corrected chi connectivity index (χ2v) is 10.3. The first-order chi connectivity index (χ1) is 20.0. The fourth-order valence-electron chi connectivity index (χ4n) is 3.47. The number of hydrogen-bond acceptors (Lipinski definition) is 8. The van der Waals surface area contributed by atoms with Gasteiger partial charge in [0.1, 0.15) is 0 Å². The van der Waals surface area contributed by atoms with Crippen molar-refractivity contribution in [2.45, 2.75) is 92.8 Å². The van der Waals surface area contributed by atoms with Crippen LogP contribution in [-0.2, 0) is 0 Å². The summed E-state index contributed by atoms with van der Waals surface area (Å²) >= 11 is 0. The molecule has 0 aliphatic carbocycles. The Labute approximate surface area is 262 Å². The van der Waals surface area contributed by atoms with Gasteiger partial charge in [0, 0.05) is 94.8 Å². The summed E-state index contributed by atoms with van der Waals surface area (Å²) in [6.07, 6.45) is 5.98. The Morgan fingerprint density at radius 2 is 1.00 bits per heavy atom. The highest BCUT2D eigenvalue weighted by molar-refractivity contribution is 5.80. The van der Waals surface area contributed by atoms with Crippen LogP contribution in [0.25, 0.3) is 0 Å². The highest BCUT2D eigenvalue weighted by Crippen LogP contribution is 1.95. The fraction of sp³-hybridized carbons (Fsp3) is 0.727. The second-order valence-electron chi connectivity index (χ2n) is 10.3. The van der Waals surface area contributed by atoms with Crippen molar-refractivity contribution in [1.82, 2.24) is 31.5 Å². The van der Waals surface area contributed by atoms with Crippen LogP contribution in [0.2, 0.25) is 0 Å². The molecule has 0 aliphatic heterocycles. The molecule has 0 aliphatic rings. The molecule has 0 saturated carbocycles. The summed E-state index contributed by atoms with van der Waals surface area (Å²) in [4.78, 5) is 6.89. The SMILES string of the molecule is C=C(CCNCCN(CCNCCC(=C)NC(C)C)CCNCCC(N)=NC(C)C)NC(C)C.C=CC=C.CC.CN. The number of nitrogens with one attached hydrogen (secondary N) is 5. The summed E-state index contributed by atoms with van der Waals surface area (Å²) in [6.45, 7) is 40.3. The van der Waals surface area contributed by atoms with Crippen LogP contribution in [0.3, 0.4) is 0 Å². The Hall–Kier alpha value is -2.17. The van der Waals surface area contributed by atoms with Crippen LogP contribution in [0.4, 0.5) is 0 Å². The molecule has 0 fully saturated rings. The first-order valence-electron chi connectivity index (χ1n) is 15.9. The maximum atomic E-state index is 5.96. The molecule has 0 aromatic rings. The van der Waals surface area contributed by atoms with Gasteiger partial charge in [0.2, 0.25) is 0 Å². The minimum absolute atomic E-state index is 0.257. The molecule has 0 saturated heterocycles. The molecule has 0 unspecified atom stereocenters. The highest BCUT2D eigenvalue weighted by atomic mass is 15.2. The van der Waals surface area contributed by atoms with Crippen LogP contribution in [0.15, 0.2) is 54.9 Å². The van der Waals surface area contributed by atoms with E-state index in [-0.39, 0.29) is 6.04 Å². The largest absolute Gasteiger partial charge is 0.387 e. The van der Waals surface area contributed by atoms with Gasteiger partial charge in [0.05, 0.1) is 5.84 Å². The van der Waals surface area contributed by atoms with Crippen molar-refractivity contribution < 1.29 is 0 Å². The van der Waals surface area contributed by atoms with Gasteiger partial charge in [-0.1, -0.05) is 52.3 Å². The van der Waals surface area contributed by atoms with Crippen molar-refractivity contribution in [2.75, 3.05) is 66.0 Å². The average Bonchev–Trinajstić information content (AvgIpc) is 2.93. The molecule has 9 nitrogen and oxygen atoms in total. The maximum Gasteiger partial charge on any atom is 0.0953 e.